The molecule has 0 unspecified atom stereocenters. The van der Waals surface area contributed by atoms with Gasteiger partial charge in [-0.25, -0.2) is 0 Å². The van der Waals surface area contributed by atoms with Gasteiger partial charge in [0.05, 0.1) is 22.1 Å². The number of nitrogens with zero attached hydrogens (tertiary/aromatic N) is 2. The summed E-state index contributed by atoms with van der Waals surface area (Å²) >= 11 is 0. The summed E-state index contributed by atoms with van der Waals surface area (Å²) < 4.78 is 4.90. The molecule has 0 fully saturated rings. The predicted octanol–water partition coefficient (Wildman–Crippen LogP) is 12.4. The average Bonchev–Trinajstić information content (AvgIpc) is 3.68. The Morgan fingerprint density at radius 2 is 0.958 bits per heavy atom. The molecule has 0 N–H and O–H groups in total. The van der Waals surface area contributed by atoms with Gasteiger partial charge in [-0.2, -0.15) is 0 Å². The van der Waals surface area contributed by atoms with Gasteiger partial charge < -0.3 is 9.13 Å². The smallest absolute Gasteiger partial charge is 0.0641 e. The van der Waals surface area contributed by atoms with Gasteiger partial charge in [0.25, 0.3) is 0 Å². The summed E-state index contributed by atoms with van der Waals surface area (Å²) in [5, 5.41) is 7.57. The zero-order valence-corrected chi connectivity index (χ0v) is 26.2. The third-order valence-corrected chi connectivity index (χ3v) is 9.91. The van der Waals surface area contributed by atoms with Gasteiger partial charge in [-0.1, -0.05) is 140 Å². The molecule has 10 rings (SSSR count). The SMILES string of the molecule is c1ccc(-c2cccc(-n3c4ccccc4c4ccc5c(c6ccccc6n5-c5ccc(-c6cccc7ccccc67)cc5)c43)c2)cc1. The first-order valence-electron chi connectivity index (χ1n) is 16.5. The fourth-order valence-corrected chi connectivity index (χ4v) is 7.78. The van der Waals surface area contributed by atoms with Crippen LogP contribution in [0.15, 0.2) is 182 Å². The van der Waals surface area contributed by atoms with E-state index < -0.39 is 0 Å². The molecular weight excluding hydrogens is 581 g/mol. The van der Waals surface area contributed by atoms with Gasteiger partial charge in [-0.15, -0.1) is 0 Å². The monoisotopic (exact) mass is 610 g/mol. The second-order valence-corrected chi connectivity index (χ2v) is 12.6. The molecular formula is C46H30N2. The van der Waals surface area contributed by atoms with E-state index in [9.17, 15) is 0 Å². The maximum atomic E-state index is 2.47. The van der Waals surface area contributed by atoms with Crippen LogP contribution < -0.4 is 0 Å². The summed E-state index contributed by atoms with van der Waals surface area (Å²) in [6.45, 7) is 0. The van der Waals surface area contributed by atoms with Crippen molar-refractivity contribution < 1.29 is 0 Å². The van der Waals surface area contributed by atoms with Crippen molar-refractivity contribution in [2.24, 2.45) is 0 Å². The Morgan fingerprint density at radius 1 is 0.312 bits per heavy atom. The van der Waals surface area contributed by atoms with Crippen molar-refractivity contribution in [1.82, 2.24) is 9.13 Å². The lowest BCUT2D eigenvalue weighted by atomic mass is 9.98. The van der Waals surface area contributed by atoms with Crippen molar-refractivity contribution in [2.45, 2.75) is 0 Å². The Kier molecular flexibility index (Phi) is 5.91. The molecule has 0 amide bonds. The molecule has 0 radical (unpaired) electrons. The second kappa shape index (κ2) is 10.6. The summed E-state index contributed by atoms with van der Waals surface area (Å²) in [4.78, 5) is 0. The van der Waals surface area contributed by atoms with Crippen molar-refractivity contribution >= 4 is 54.4 Å². The number of aromatic nitrogens is 2. The van der Waals surface area contributed by atoms with Crippen LogP contribution >= 0.6 is 0 Å². The van der Waals surface area contributed by atoms with Crippen LogP contribution in [0.3, 0.4) is 0 Å². The topological polar surface area (TPSA) is 9.86 Å². The fourth-order valence-electron chi connectivity index (χ4n) is 7.78. The molecule has 0 aliphatic carbocycles. The molecule has 48 heavy (non-hydrogen) atoms. The average molecular weight is 611 g/mol. The Morgan fingerprint density at radius 3 is 1.79 bits per heavy atom. The fraction of sp³-hybridized carbons (Fsp3) is 0. The first kappa shape index (κ1) is 26.8. The molecule has 0 spiro atoms. The van der Waals surface area contributed by atoms with E-state index in [0.717, 1.165) is 11.4 Å². The van der Waals surface area contributed by atoms with Crippen LogP contribution in [-0.4, -0.2) is 9.13 Å². The van der Waals surface area contributed by atoms with Crippen LogP contribution in [0.1, 0.15) is 0 Å². The molecule has 0 bridgehead atoms. The third-order valence-electron chi connectivity index (χ3n) is 9.91. The maximum absolute atomic E-state index is 2.47. The third kappa shape index (κ3) is 4.00. The molecule has 224 valence electrons. The zero-order chi connectivity index (χ0) is 31.6. The summed E-state index contributed by atoms with van der Waals surface area (Å²) in [6.07, 6.45) is 0. The lowest BCUT2D eigenvalue weighted by Gasteiger charge is -2.12. The molecule has 0 saturated carbocycles. The van der Waals surface area contributed by atoms with Crippen LogP contribution in [0.2, 0.25) is 0 Å². The number of fused-ring (bicyclic) bond motifs is 8. The number of benzene rings is 8. The highest BCUT2D eigenvalue weighted by Gasteiger charge is 2.21. The molecule has 0 atom stereocenters. The largest absolute Gasteiger partial charge is 0.309 e. The second-order valence-electron chi connectivity index (χ2n) is 12.6. The van der Waals surface area contributed by atoms with E-state index in [2.05, 4.69) is 191 Å². The minimum atomic E-state index is 1.15. The van der Waals surface area contributed by atoms with Crippen LogP contribution in [0.5, 0.6) is 0 Å². The van der Waals surface area contributed by atoms with Gasteiger partial charge >= 0.3 is 0 Å². The van der Waals surface area contributed by atoms with E-state index in [4.69, 9.17) is 0 Å². The standard InChI is InChI=1S/C46H30N2/c1-2-12-31(13-3-1)34-16-10-17-36(30-34)48-42-22-8-6-19-39(42)40-28-29-44-45(46(40)48)41-20-7-9-23-43(41)47(44)35-26-24-33(25-27-35)38-21-11-15-32-14-4-5-18-37(32)38/h1-30H. The van der Waals surface area contributed by atoms with Crippen LogP contribution in [-0.2, 0) is 0 Å². The Bertz CT molecular complexity index is 2810. The van der Waals surface area contributed by atoms with Crippen LogP contribution in [0.25, 0.3) is 88.0 Å². The molecule has 8 aromatic carbocycles. The number of para-hydroxylation sites is 2. The molecule has 0 aliphatic heterocycles. The summed E-state index contributed by atoms with van der Waals surface area (Å²) in [5.41, 5.74) is 12.1. The molecule has 2 nitrogen and oxygen atoms in total. The van der Waals surface area contributed by atoms with Crippen molar-refractivity contribution in [3.05, 3.63) is 182 Å². The normalized spacial score (nSPS) is 11.8. The summed E-state index contributed by atoms with van der Waals surface area (Å²) in [6, 6.07) is 66.1. The van der Waals surface area contributed by atoms with E-state index in [1.54, 1.807) is 0 Å². The van der Waals surface area contributed by atoms with Crippen molar-refractivity contribution in [2.75, 3.05) is 0 Å². The van der Waals surface area contributed by atoms with Crippen molar-refractivity contribution in [3.8, 4) is 33.6 Å². The molecule has 2 aromatic heterocycles. The van der Waals surface area contributed by atoms with Gasteiger partial charge in [-0.05, 0) is 75.5 Å². The highest BCUT2D eigenvalue weighted by molar-refractivity contribution is 6.26. The quantitative estimate of drug-likeness (QED) is 0.188. The molecule has 2 heterocycles. The molecule has 0 saturated heterocycles. The Labute approximate surface area is 278 Å². The summed E-state index contributed by atoms with van der Waals surface area (Å²) in [7, 11) is 0. The number of hydrogen-bond donors (Lipinski definition) is 0. The van der Waals surface area contributed by atoms with Gasteiger partial charge in [0.2, 0.25) is 0 Å². The number of rotatable bonds is 4. The minimum Gasteiger partial charge on any atom is -0.309 e. The highest BCUT2D eigenvalue weighted by Crippen LogP contribution is 2.42. The van der Waals surface area contributed by atoms with Crippen LogP contribution in [0, 0.1) is 0 Å². The van der Waals surface area contributed by atoms with E-state index in [1.165, 1.54) is 76.6 Å². The van der Waals surface area contributed by atoms with Gasteiger partial charge in [0, 0.05) is 32.9 Å². The van der Waals surface area contributed by atoms with E-state index >= 15 is 0 Å². The van der Waals surface area contributed by atoms with Gasteiger partial charge in [-0.3, -0.25) is 0 Å². The zero-order valence-electron chi connectivity index (χ0n) is 26.2. The highest BCUT2D eigenvalue weighted by atomic mass is 15.0. The Balaban J connectivity index is 1.24. The first-order valence-corrected chi connectivity index (χ1v) is 16.5. The van der Waals surface area contributed by atoms with Crippen molar-refractivity contribution in [3.63, 3.8) is 0 Å². The van der Waals surface area contributed by atoms with Gasteiger partial charge in [0.1, 0.15) is 0 Å². The molecule has 2 heteroatoms. The molecule has 0 aliphatic rings. The van der Waals surface area contributed by atoms with E-state index in [0.29, 0.717) is 0 Å². The maximum Gasteiger partial charge on any atom is 0.0641 e. The van der Waals surface area contributed by atoms with Crippen molar-refractivity contribution in [1.29, 1.82) is 0 Å². The lowest BCUT2D eigenvalue weighted by Crippen LogP contribution is -1.96. The number of hydrogen-bond acceptors (Lipinski definition) is 0. The van der Waals surface area contributed by atoms with Crippen LogP contribution in [0.4, 0.5) is 0 Å². The van der Waals surface area contributed by atoms with E-state index in [1.807, 2.05) is 0 Å². The molecule has 10 aromatic rings. The minimum absolute atomic E-state index is 1.15. The first-order chi connectivity index (χ1) is 23.8. The summed E-state index contributed by atoms with van der Waals surface area (Å²) in [5.74, 6) is 0. The lowest BCUT2D eigenvalue weighted by molar-refractivity contribution is 1.17. The predicted molar refractivity (Wildman–Crippen MR) is 203 cm³/mol. The van der Waals surface area contributed by atoms with E-state index in [-0.39, 0.29) is 0 Å². The Hall–Kier alpha value is -6.38. The van der Waals surface area contributed by atoms with Gasteiger partial charge in [0.15, 0.2) is 0 Å².